The quantitative estimate of drug-likeness (QED) is 0.526. The summed E-state index contributed by atoms with van der Waals surface area (Å²) in [5.74, 6) is 2.53. The van der Waals surface area contributed by atoms with Gasteiger partial charge in [-0.15, -0.1) is 6.42 Å². The smallest absolute Gasteiger partial charge is 0.293 e. The van der Waals surface area contributed by atoms with Gasteiger partial charge in [0.1, 0.15) is 5.69 Å². The van der Waals surface area contributed by atoms with Gasteiger partial charge in [-0.05, 0) is 26.0 Å². The van der Waals surface area contributed by atoms with Crippen molar-refractivity contribution in [3.8, 4) is 12.3 Å². The number of benzene rings is 1. The van der Waals surface area contributed by atoms with Crippen molar-refractivity contribution in [2.75, 3.05) is 5.32 Å². The van der Waals surface area contributed by atoms with Gasteiger partial charge in [0.2, 0.25) is 0 Å². The molecule has 0 saturated carbocycles. The van der Waals surface area contributed by atoms with E-state index in [9.17, 15) is 10.1 Å². The van der Waals surface area contributed by atoms with Crippen LogP contribution in [0.15, 0.2) is 22.7 Å². The highest BCUT2D eigenvalue weighted by atomic mass is 79.9. The Morgan fingerprint density at radius 1 is 1.56 bits per heavy atom. The van der Waals surface area contributed by atoms with Crippen LogP contribution < -0.4 is 5.32 Å². The molecule has 0 aromatic heterocycles. The molecule has 0 fully saturated rings. The third kappa shape index (κ3) is 2.97. The lowest BCUT2D eigenvalue weighted by atomic mass is 10.1. The standard InChI is InChI=1S/C11H11BrN2O2/c1-4-11(2,3)13-9-6-5-8(12)7-10(9)14(15)16/h1,5-7,13H,2-3H3. The van der Waals surface area contributed by atoms with Gasteiger partial charge < -0.3 is 5.32 Å². The van der Waals surface area contributed by atoms with Crippen molar-refractivity contribution >= 4 is 27.3 Å². The van der Waals surface area contributed by atoms with Gasteiger partial charge in [0.25, 0.3) is 5.69 Å². The Morgan fingerprint density at radius 3 is 2.69 bits per heavy atom. The van der Waals surface area contributed by atoms with Crippen molar-refractivity contribution in [1.82, 2.24) is 0 Å². The van der Waals surface area contributed by atoms with E-state index in [0.29, 0.717) is 10.2 Å². The highest BCUT2D eigenvalue weighted by Gasteiger charge is 2.20. The van der Waals surface area contributed by atoms with Crippen LogP contribution in [0.25, 0.3) is 0 Å². The van der Waals surface area contributed by atoms with Crippen LogP contribution in [0.1, 0.15) is 13.8 Å². The number of nitro groups is 1. The molecule has 16 heavy (non-hydrogen) atoms. The molecule has 0 spiro atoms. The third-order valence-corrected chi connectivity index (χ3v) is 2.46. The van der Waals surface area contributed by atoms with Gasteiger partial charge in [-0.2, -0.15) is 0 Å². The SMILES string of the molecule is C#CC(C)(C)Nc1ccc(Br)cc1[N+](=O)[O-]. The molecule has 1 aromatic carbocycles. The largest absolute Gasteiger partial charge is 0.364 e. The minimum atomic E-state index is -0.626. The normalized spacial score (nSPS) is 10.6. The molecule has 0 amide bonds. The number of terminal acetylenes is 1. The average molecular weight is 283 g/mol. The van der Waals surface area contributed by atoms with Gasteiger partial charge in [0.05, 0.1) is 10.5 Å². The lowest BCUT2D eigenvalue weighted by molar-refractivity contribution is -0.384. The van der Waals surface area contributed by atoms with Gasteiger partial charge in [-0.3, -0.25) is 10.1 Å². The first-order valence-corrected chi connectivity index (χ1v) is 5.35. The molecule has 0 radical (unpaired) electrons. The number of halogens is 1. The van der Waals surface area contributed by atoms with Crippen LogP contribution in [-0.4, -0.2) is 10.5 Å². The molecule has 1 rings (SSSR count). The van der Waals surface area contributed by atoms with Gasteiger partial charge in [0, 0.05) is 10.5 Å². The van der Waals surface area contributed by atoms with Crippen LogP contribution in [-0.2, 0) is 0 Å². The van der Waals surface area contributed by atoms with E-state index in [1.54, 1.807) is 26.0 Å². The molecule has 0 atom stereocenters. The van der Waals surface area contributed by atoms with Crippen LogP contribution in [0.2, 0.25) is 0 Å². The third-order valence-electron chi connectivity index (χ3n) is 1.96. The molecular formula is C11H11BrN2O2. The second-order valence-corrected chi connectivity index (χ2v) is 4.73. The van der Waals surface area contributed by atoms with E-state index in [-0.39, 0.29) is 5.69 Å². The number of hydrogen-bond donors (Lipinski definition) is 1. The zero-order chi connectivity index (χ0) is 12.3. The molecule has 1 N–H and O–H groups in total. The van der Waals surface area contributed by atoms with E-state index >= 15 is 0 Å². The Kier molecular flexibility index (Phi) is 3.55. The highest BCUT2D eigenvalue weighted by Crippen LogP contribution is 2.29. The Bertz CT molecular complexity index is 464. The predicted octanol–water partition coefficient (Wildman–Crippen LogP) is 3.18. The molecular weight excluding hydrogens is 272 g/mol. The summed E-state index contributed by atoms with van der Waals surface area (Å²) in [6, 6.07) is 4.79. The molecule has 1 aromatic rings. The van der Waals surface area contributed by atoms with Gasteiger partial charge in [0.15, 0.2) is 0 Å². The van der Waals surface area contributed by atoms with Crippen LogP contribution >= 0.6 is 15.9 Å². The zero-order valence-corrected chi connectivity index (χ0v) is 10.5. The lowest BCUT2D eigenvalue weighted by Crippen LogP contribution is -2.28. The zero-order valence-electron chi connectivity index (χ0n) is 8.95. The summed E-state index contributed by atoms with van der Waals surface area (Å²) < 4.78 is 0.656. The molecule has 84 valence electrons. The van der Waals surface area contributed by atoms with Gasteiger partial charge in [-0.25, -0.2) is 0 Å². The fourth-order valence-corrected chi connectivity index (χ4v) is 1.48. The topological polar surface area (TPSA) is 55.2 Å². The Morgan fingerprint density at radius 2 is 2.19 bits per heavy atom. The summed E-state index contributed by atoms with van der Waals surface area (Å²) in [5.41, 5.74) is -0.215. The average Bonchev–Trinajstić information content (AvgIpc) is 2.20. The fraction of sp³-hybridized carbons (Fsp3) is 0.273. The number of nitrogens with zero attached hydrogens (tertiary/aromatic N) is 1. The minimum Gasteiger partial charge on any atom is -0.364 e. The van der Waals surface area contributed by atoms with Crippen LogP contribution in [0.5, 0.6) is 0 Å². The first kappa shape index (κ1) is 12.5. The maximum Gasteiger partial charge on any atom is 0.293 e. The van der Waals surface area contributed by atoms with Crippen molar-refractivity contribution in [3.63, 3.8) is 0 Å². The first-order valence-electron chi connectivity index (χ1n) is 4.55. The fourth-order valence-electron chi connectivity index (χ4n) is 1.13. The van der Waals surface area contributed by atoms with E-state index in [4.69, 9.17) is 6.42 Å². The number of anilines is 1. The van der Waals surface area contributed by atoms with E-state index in [1.165, 1.54) is 6.07 Å². The van der Waals surface area contributed by atoms with E-state index in [2.05, 4.69) is 27.2 Å². The molecule has 0 aliphatic carbocycles. The maximum absolute atomic E-state index is 10.8. The molecule has 0 saturated heterocycles. The Hall–Kier alpha value is -1.54. The van der Waals surface area contributed by atoms with Crippen LogP contribution in [0.4, 0.5) is 11.4 Å². The van der Waals surface area contributed by atoms with Gasteiger partial charge in [-0.1, -0.05) is 21.9 Å². The molecule has 4 nitrogen and oxygen atoms in total. The second kappa shape index (κ2) is 4.54. The number of nitrogens with one attached hydrogen (secondary N) is 1. The van der Waals surface area contributed by atoms with Crippen molar-refractivity contribution in [2.24, 2.45) is 0 Å². The van der Waals surface area contributed by atoms with Crippen LogP contribution in [0, 0.1) is 22.5 Å². The van der Waals surface area contributed by atoms with Crippen molar-refractivity contribution in [2.45, 2.75) is 19.4 Å². The predicted molar refractivity (Wildman–Crippen MR) is 67.3 cm³/mol. The molecule has 0 unspecified atom stereocenters. The summed E-state index contributed by atoms with van der Waals surface area (Å²) in [6.45, 7) is 3.55. The van der Waals surface area contributed by atoms with Crippen molar-refractivity contribution in [1.29, 1.82) is 0 Å². The molecule has 5 heteroatoms. The monoisotopic (exact) mass is 282 g/mol. The lowest BCUT2D eigenvalue weighted by Gasteiger charge is -2.20. The number of rotatable bonds is 3. The Labute approximate surface area is 102 Å². The summed E-state index contributed by atoms with van der Waals surface area (Å²) in [5, 5.41) is 13.8. The molecule has 0 bridgehead atoms. The van der Waals surface area contributed by atoms with Crippen LogP contribution in [0.3, 0.4) is 0 Å². The highest BCUT2D eigenvalue weighted by molar-refractivity contribution is 9.10. The molecule has 0 aliphatic rings. The van der Waals surface area contributed by atoms with E-state index < -0.39 is 10.5 Å². The van der Waals surface area contributed by atoms with Crippen molar-refractivity contribution in [3.05, 3.63) is 32.8 Å². The molecule has 0 heterocycles. The van der Waals surface area contributed by atoms with Gasteiger partial charge >= 0.3 is 0 Å². The summed E-state index contributed by atoms with van der Waals surface area (Å²) in [7, 11) is 0. The number of nitro benzene ring substituents is 1. The second-order valence-electron chi connectivity index (χ2n) is 3.81. The maximum atomic E-state index is 10.8. The molecule has 0 aliphatic heterocycles. The van der Waals surface area contributed by atoms with E-state index in [0.717, 1.165) is 0 Å². The minimum absolute atomic E-state index is 0.00213. The first-order chi connectivity index (χ1) is 7.35. The summed E-state index contributed by atoms with van der Waals surface area (Å²) in [4.78, 5) is 10.4. The Balaban J connectivity index is 3.15. The summed E-state index contributed by atoms with van der Waals surface area (Å²) in [6.07, 6.45) is 5.32. The van der Waals surface area contributed by atoms with Crippen molar-refractivity contribution < 1.29 is 4.92 Å². The van der Waals surface area contributed by atoms with E-state index in [1.807, 2.05) is 0 Å². The summed E-state index contributed by atoms with van der Waals surface area (Å²) >= 11 is 3.19. The number of hydrogen-bond acceptors (Lipinski definition) is 3.